The highest BCUT2D eigenvalue weighted by molar-refractivity contribution is 6.21. The SMILES string of the molecule is CCn1\c(=C/C=C/C=C/C2=[N+](CC)c3ccc([N+](=O)OC)c4cccc2c34)c2cccc3c([N+](=O)OC)ccc1c32. The van der Waals surface area contributed by atoms with E-state index >= 15 is 0 Å². The highest BCUT2D eigenvalue weighted by atomic mass is 16.8. The number of hydrogen-bond donors (Lipinski definition) is 0. The third kappa shape index (κ3) is 4.02. The lowest BCUT2D eigenvalue weighted by Gasteiger charge is -2.02. The van der Waals surface area contributed by atoms with Crippen molar-refractivity contribution in [2.75, 3.05) is 20.8 Å². The lowest BCUT2D eigenvalue weighted by Crippen LogP contribution is -2.14. The van der Waals surface area contributed by atoms with Crippen LogP contribution in [0.4, 0.5) is 17.1 Å². The van der Waals surface area contributed by atoms with Gasteiger partial charge < -0.3 is 4.57 Å². The molecule has 8 nitrogen and oxygen atoms in total. The van der Waals surface area contributed by atoms with Crippen molar-refractivity contribution in [1.29, 1.82) is 0 Å². The minimum Gasteiger partial charge on any atom is -0.341 e. The van der Waals surface area contributed by atoms with Crippen molar-refractivity contribution in [2.24, 2.45) is 0 Å². The second-order valence-electron chi connectivity index (χ2n) is 9.71. The molecular formula is C33H31N4O4+3. The molecule has 5 aromatic rings. The van der Waals surface area contributed by atoms with E-state index < -0.39 is 0 Å². The Hall–Kier alpha value is -5.11. The summed E-state index contributed by atoms with van der Waals surface area (Å²) in [6.45, 7) is 5.83. The minimum absolute atomic E-state index is 0.492. The van der Waals surface area contributed by atoms with Crippen molar-refractivity contribution in [1.82, 2.24) is 4.57 Å². The van der Waals surface area contributed by atoms with Gasteiger partial charge in [0.05, 0.1) is 37.1 Å². The number of rotatable bonds is 9. The smallest absolute Gasteiger partial charge is 0.325 e. The Balaban J connectivity index is 1.39. The van der Waals surface area contributed by atoms with Gasteiger partial charge in [-0.2, -0.15) is 4.58 Å². The van der Waals surface area contributed by atoms with Crippen LogP contribution < -0.4 is 5.35 Å². The molecule has 1 aliphatic rings. The zero-order valence-electron chi connectivity index (χ0n) is 23.5. The van der Waals surface area contributed by atoms with Gasteiger partial charge in [0.2, 0.25) is 11.4 Å². The van der Waals surface area contributed by atoms with Crippen LogP contribution in [0.1, 0.15) is 19.4 Å². The Morgan fingerprint density at radius 3 is 2.12 bits per heavy atom. The molecule has 4 aromatic carbocycles. The number of aryl methyl sites for hydroxylation is 1. The van der Waals surface area contributed by atoms with E-state index in [2.05, 4.69) is 47.3 Å². The molecule has 6 rings (SSSR count). The van der Waals surface area contributed by atoms with Crippen LogP contribution in [-0.4, -0.2) is 45.5 Å². The fraction of sp³-hybridized carbons (Fsp3) is 0.182. The lowest BCUT2D eigenvalue weighted by atomic mass is 10.0. The van der Waals surface area contributed by atoms with Crippen LogP contribution >= 0.6 is 0 Å². The molecule has 0 N–H and O–H groups in total. The van der Waals surface area contributed by atoms with Gasteiger partial charge in [0.15, 0.2) is 14.2 Å². The van der Waals surface area contributed by atoms with Gasteiger partial charge in [-0.15, -0.1) is 0 Å². The first-order valence-corrected chi connectivity index (χ1v) is 13.7. The van der Waals surface area contributed by atoms with E-state index in [0.717, 1.165) is 67.8 Å². The van der Waals surface area contributed by atoms with Crippen molar-refractivity contribution in [3.63, 3.8) is 0 Å². The summed E-state index contributed by atoms with van der Waals surface area (Å²) >= 11 is 0. The molecule has 0 radical (unpaired) electrons. The van der Waals surface area contributed by atoms with Gasteiger partial charge in [-0.1, -0.05) is 36.4 Å². The van der Waals surface area contributed by atoms with E-state index in [0.29, 0.717) is 21.2 Å². The predicted octanol–water partition coefficient (Wildman–Crippen LogP) is 6.69. The Kier molecular flexibility index (Phi) is 6.67. The van der Waals surface area contributed by atoms with Crippen LogP contribution in [0, 0.1) is 9.81 Å². The Bertz CT molecular complexity index is 2030. The molecule has 204 valence electrons. The monoisotopic (exact) mass is 547 g/mol. The Morgan fingerprint density at radius 1 is 0.780 bits per heavy atom. The quantitative estimate of drug-likeness (QED) is 0.117. The molecule has 1 aliphatic heterocycles. The van der Waals surface area contributed by atoms with Crippen LogP contribution in [-0.2, 0) is 16.2 Å². The minimum atomic E-state index is 0.492. The van der Waals surface area contributed by atoms with Gasteiger partial charge in [0.1, 0.15) is 6.54 Å². The molecule has 2 heterocycles. The van der Waals surface area contributed by atoms with Crippen molar-refractivity contribution in [2.45, 2.75) is 20.4 Å². The molecule has 0 amide bonds. The molecule has 0 saturated carbocycles. The van der Waals surface area contributed by atoms with Crippen LogP contribution in [0.25, 0.3) is 38.5 Å². The molecule has 0 spiro atoms. The maximum atomic E-state index is 12.3. The maximum Gasteiger partial charge on any atom is 0.325 e. The van der Waals surface area contributed by atoms with Gasteiger partial charge in [-0.05, 0) is 44.2 Å². The van der Waals surface area contributed by atoms with Gasteiger partial charge in [0, 0.05) is 46.9 Å². The highest BCUT2D eigenvalue weighted by Crippen LogP contribution is 2.40. The molecule has 0 bridgehead atoms. The fourth-order valence-electron chi connectivity index (χ4n) is 6.09. The summed E-state index contributed by atoms with van der Waals surface area (Å²) < 4.78 is 4.52. The largest absolute Gasteiger partial charge is 0.341 e. The zero-order valence-corrected chi connectivity index (χ0v) is 23.5. The molecule has 41 heavy (non-hydrogen) atoms. The van der Waals surface area contributed by atoms with Crippen molar-refractivity contribution < 1.29 is 24.1 Å². The molecule has 0 fully saturated rings. The summed E-state index contributed by atoms with van der Waals surface area (Å²) in [6.07, 6.45) is 10.3. The van der Waals surface area contributed by atoms with Crippen molar-refractivity contribution in [3.8, 4) is 0 Å². The Morgan fingerprint density at radius 2 is 1.44 bits per heavy atom. The molecule has 1 aromatic heterocycles. The first kappa shape index (κ1) is 26.1. The number of aromatic nitrogens is 1. The van der Waals surface area contributed by atoms with E-state index in [-0.39, 0.29) is 0 Å². The molecular weight excluding hydrogens is 516 g/mol. The molecule has 0 unspecified atom stereocenters. The van der Waals surface area contributed by atoms with Crippen LogP contribution in [0.3, 0.4) is 0 Å². The average molecular weight is 548 g/mol. The third-order valence-corrected chi connectivity index (χ3v) is 7.79. The summed E-state index contributed by atoms with van der Waals surface area (Å²) in [5.41, 5.74) is 5.31. The number of allylic oxidation sites excluding steroid dienone is 4. The summed E-state index contributed by atoms with van der Waals surface area (Å²) in [5.74, 6) is 0. The van der Waals surface area contributed by atoms with Crippen molar-refractivity contribution in [3.05, 3.63) is 106 Å². The van der Waals surface area contributed by atoms with Crippen LogP contribution in [0.15, 0.2) is 85.0 Å². The lowest BCUT2D eigenvalue weighted by molar-refractivity contribution is -0.735. The molecule has 0 atom stereocenters. The second kappa shape index (κ2) is 10.5. The first-order chi connectivity index (χ1) is 20.0. The topological polar surface area (TPSA) is 66.6 Å². The third-order valence-electron chi connectivity index (χ3n) is 7.79. The predicted molar refractivity (Wildman–Crippen MR) is 162 cm³/mol. The highest BCUT2D eigenvalue weighted by Gasteiger charge is 2.33. The van der Waals surface area contributed by atoms with E-state index in [1.54, 1.807) is 0 Å². The summed E-state index contributed by atoms with van der Waals surface area (Å²) in [6, 6.07) is 19.6. The molecule has 0 saturated heterocycles. The van der Waals surface area contributed by atoms with E-state index in [1.807, 2.05) is 66.8 Å². The second-order valence-corrected chi connectivity index (χ2v) is 9.71. The van der Waals surface area contributed by atoms with Gasteiger partial charge >= 0.3 is 11.4 Å². The van der Waals surface area contributed by atoms with Gasteiger partial charge in [-0.25, -0.2) is 9.68 Å². The average Bonchev–Trinajstić information content (AvgIpc) is 3.50. The van der Waals surface area contributed by atoms with Crippen LogP contribution in [0.5, 0.6) is 0 Å². The normalized spacial score (nSPS) is 13.6. The first-order valence-electron chi connectivity index (χ1n) is 13.7. The van der Waals surface area contributed by atoms with E-state index in [4.69, 9.17) is 9.68 Å². The zero-order chi connectivity index (χ0) is 28.7. The van der Waals surface area contributed by atoms with Crippen LogP contribution in [0.2, 0.25) is 0 Å². The molecule has 0 aliphatic carbocycles. The number of hydrogen-bond acceptors (Lipinski definition) is 4. The van der Waals surface area contributed by atoms with E-state index in [9.17, 15) is 9.81 Å². The fourth-order valence-corrected chi connectivity index (χ4v) is 6.09. The summed E-state index contributed by atoms with van der Waals surface area (Å²) in [5, 5.41) is 6.00. The number of nitrogens with zero attached hydrogens (tertiary/aromatic N) is 4. The summed E-state index contributed by atoms with van der Waals surface area (Å²) in [7, 11) is 2.75. The Labute approximate surface area is 236 Å². The van der Waals surface area contributed by atoms with Crippen molar-refractivity contribution >= 4 is 61.3 Å². The summed E-state index contributed by atoms with van der Waals surface area (Å²) in [4.78, 5) is 35.6. The van der Waals surface area contributed by atoms with Gasteiger partial charge in [0.25, 0.3) is 9.85 Å². The number of benzene rings is 4. The standard InChI is InChI=1S/C33H31N4O4/c1-5-34-26(22-12-10-14-24-28(36(38)40-3)18-20-30(34)32(22)24)16-8-7-9-17-27-23-13-11-15-25-29(37(39)41-4)19-21-31(33(23)25)35(27)6-2/h7-21H,5-6H2,1-4H3/q+3. The van der Waals surface area contributed by atoms with Gasteiger partial charge in [-0.3, -0.25) is 0 Å². The molecule has 8 heteroatoms. The maximum absolute atomic E-state index is 12.3. The van der Waals surface area contributed by atoms with E-state index in [1.165, 1.54) is 14.2 Å².